The summed E-state index contributed by atoms with van der Waals surface area (Å²) in [5.41, 5.74) is 1.01. The van der Waals surface area contributed by atoms with Crippen molar-refractivity contribution in [2.75, 3.05) is 18.1 Å². The van der Waals surface area contributed by atoms with Crippen LogP contribution in [0.5, 0.6) is 11.5 Å². The first-order chi connectivity index (χ1) is 12.2. The third kappa shape index (κ3) is 6.52. The minimum absolute atomic E-state index is 0. The molecule has 1 amide bonds. The molecule has 1 aliphatic heterocycles. The second-order valence-electron chi connectivity index (χ2n) is 5.91. The molecule has 1 aliphatic rings. The molecule has 1 atom stereocenters. The van der Waals surface area contributed by atoms with Gasteiger partial charge in [0, 0.05) is 37.1 Å². The van der Waals surface area contributed by atoms with Gasteiger partial charge >= 0.3 is 0 Å². The quantitative estimate of drug-likeness (QED) is 0.780. The van der Waals surface area contributed by atoms with Crippen LogP contribution in [0.1, 0.15) is 12.0 Å². The van der Waals surface area contributed by atoms with Crippen molar-refractivity contribution in [3.05, 3.63) is 59.9 Å². The van der Waals surface area contributed by atoms with Crippen molar-refractivity contribution in [2.24, 2.45) is 0 Å². The average molecular weight is 397 g/mol. The van der Waals surface area contributed by atoms with Gasteiger partial charge in [-0.25, -0.2) is 4.39 Å². The number of hydrogen-bond acceptors (Lipinski definition) is 4. The van der Waals surface area contributed by atoms with Crippen LogP contribution in [-0.4, -0.2) is 30.0 Å². The Morgan fingerprint density at radius 3 is 2.42 bits per heavy atom. The van der Waals surface area contributed by atoms with Crippen molar-refractivity contribution in [1.82, 2.24) is 10.6 Å². The molecule has 4 nitrogen and oxygen atoms in total. The number of rotatable bonds is 6. The zero-order chi connectivity index (χ0) is 17.5. The maximum Gasteiger partial charge on any atom is 0.221 e. The van der Waals surface area contributed by atoms with E-state index in [0.717, 1.165) is 23.6 Å². The summed E-state index contributed by atoms with van der Waals surface area (Å²) in [5.74, 6) is 3.13. The molecular weight excluding hydrogens is 375 g/mol. The van der Waals surface area contributed by atoms with Gasteiger partial charge in [0.15, 0.2) is 0 Å². The van der Waals surface area contributed by atoms with Gasteiger partial charge in [0.2, 0.25) is 5.91 Å². The van der Waals surface area contributed by atoms with Gasteiger partial charge in [0.25, 0.3) is 0 Å². The molecule has 2 aromatic carbocycles. The Balaban J connectivity index is 0.00000243. The van der Waals surface area contributed by atoms with Gasteiger partial charge in [-0.05, 0) is 42.0 Å². The molecule has 1 fully saturated rings. The summed E-state index contributed by atoms with van der Waals surface area (Å²) in [6.07, 6.45) is 0.513. The van der Waals surface area contributed by atoms with E-state index < -0.39 is 0 Å². The van der Waals surface area contributed by atoms with Crippen LogP contribution in [0.2, 0.25) is 0 Å². The smallest absolute Gasteiger partial charge is 0.221 e. The minimum Gasteiger partial charge on any atom is -0.457 e. The summed E-state index contributed by atoms with van der Waals surface area (Å²) in [7, 11) is 0. The first kappa shape index (κ1) is 20.6. The third-order valence-electron chi connectivity index (χ3n) is 3.89. The van der Waals surface area contributed by atoms with E-state index in [4.69, 9.17) is 4.74 Å². The second kappa shape index (κ2) is 10.4. The molecular formula is C19H22ClFN2O2S. The van der Waals surface area contributed by atoms with Crippen LogP contribution in [0.25, 0.3) is 0 Å². The number of thioether (sulfide) groups is 1. The Bertz CT molecular complexity index is 692. The zero-order valence-corrected chi connectivity index (χ0v) is 15.9. The molecule has 1 saturated heterocycles. The van der Waals surface area contributed by atoms with Gasteiger partial charge < -0.3 is 15.4 Å². The molecule has 26 heavy (non-hydrogen) atoms. The first-order valence-corrected chi connectivity index (χ1v) is 9.45. The van der Waals surface area contributed by atoms with Gasteiger partial charge in [-0.15, -0.1) is 12.4 Å². The summed E-state index contributed by atoms with van der Waals surface area (Å²) in [4.78, 5) is 12.0. The van der Waals surface area contributed by atoms with Crippen LogP contribution in [-0.2, 0) is 11.3 Å². The molecule has 0 radical (unpaired) electrons. The number of amides is 1. The van der Waals surface area contributed by atoms with E-state index in [9.17, 15) is 9.18 Å². The number of halogens is 2. The van der Waals surface area contributed by atoms with Gasteiger partial charge in [0.05, 0.1) is 0 Å². The van der Waals surface area contributed by atoms with Crippen LogP contribution >= 0.6 is 24.2 Å². The van der Waals surface area contributed by atoms with Crippen molar-refractivity contribution in [3.8, 4) is 11.5 Å². The Morgan fingerprint density at radius 1 is 1.15 bits per heavy atom. The van der Waals surface area contributed by atoms with Gasteiger partial charge in [-0.2, -0.15) is 11.8 Å². The molecule has 3 rings (SSSR count). The molecule has 1 heterocycles. The van der Waals surface area contributed by atoms with E-state index in [1.165, 1.54) is 12.1 Å². The van der Waals surface area contributed by atoms with E-state index in [1.54, 1.807) is 12.1 Å². The van der Waals surface area contributed by atoms with Crippen molar-refractivity contribution in [1.29, 1.82) is 0 Å². The number of nitrogens with one attached hydrogen (secondary N) is 2. The molecule has 2 N–H and O–H groups in total. The fourth-order valence-corrected chi connectivity index (χ4v) is 3.51. The Kier molecular flexibility index (Phi) is 8.22. The highest BCUT2D eigenvalue weighted by molar-refractivity contribution is 7.99. The molecule has 1 unspecified atom stereocenters. The second-order valence-corrected chi connectivity index (χ2v) is 7.06. The average Bonchev–Trinajstić information content (AvgIpc) is 2.64. The molecule has 0 bridgehead atoms. The van der Waals surface area contributed by atoms with Gasteiger partial charge in [0.1, 0.15) is 17.3 Å². The van der Waals surface area contributed by atoms with Crippen molar-refractivity contribution < 1.29 is 13.9 Å². The predicted molar refractivity (Wildman–Crippen MR) is 106 cm³/mol. The summed E-state index contributed by atoms with van der Waals surface area (Å²) in [5, 5.41) is 6.31. The monoisotopic (exact) mass is 396 g/mol. The van der Waals surface area contributed by atoms with Crippen LogP contribution in [0.15, 0.2) is 48.5 Å². The maximum absolute atomic E-state index is 12.9. The lowest BCUT2D eigenvalue weighted by Crippen LogP contribution is -2.41. The van der Waals surface area contributed by atoms with E-state index in [2.05, 4.69) is 10.6 Å². The maximum atomic E-state index is 12.9. The molecule has 2 aromatic rings. The van der Waals surface area contributed by atoms with E-state index in [1.807, 2.05) is 36.0 Å². The molecule has 0 spiro atoms. The fourth-order valence-electron chi connectivity index (χ4n) is 2.56. The highest BCUT2D eigenvalue weighted by Crippen LogP contribution is 2.21. The summed E-state index contributed by atoms with van der Waals surface area (Å²) < 4.78 is 18.5. The predicted octanol–water partition coefficient (Wildman–Crippen LogP) is 3.75. The van der Waals surface area contributed by atoms with Gasteiger partial charge in [-0.1, -0.05) is 12.1 Å². The van der Waals surface area contributed by atoms with Crippen molar-refractivity contribution >= 4 is 30.1 Å². The lowest BCUT2D eigenvalue weighted by molar-refractivity contribution is -0.121. The van der Waals surface area contributed by atoms with E-state index in [0.29, 0.717) is 24.5 Å². The number of ether oxygens (including phenoxy) is 1. The highest BCUT2D eigenvalue weighted by Gasteiger charge is 2.16. The Hall–Kier alpha value is -1.76. The van der Waals surface area contributed by atoms with Crippen molar-refractivity contribution in [3.63, 3.8) is 0 Å². The lowest BCUT2D eigenvalue weighted by atomic mass is 10.2. The Morgan fingerprint density at radius 2 is 1.81 bits per heavy atom. The van der Waals surface area contributed by atoms with Crippen molar-refractivity contribution in [2.45, 2.75) is 19.0 Å². The Labute approximate surface area is 163 Å². The number of carbonyl (C=O) groups is 1. The number of carbonyl (C=O) groups excluding carboxylic acids is 1. The topological polar surface area (TPSA) is 50.4 Å². The van der Waals surface area contributed by atoms with Crippen LogP contribution in [0.4, 0.5) is 4.39 Å². The normalized spacial score (nSPS) is 16.4. The summed E-state index contributed by atoms with van der Waals surface area (Å²) in [6.45, 7) is 1.47. The standard InChI is InChI=1S/C19H21FN2O2S.ClH/c20-15-3-7-18(8-4-15)24-17-5-1-14(2-6-17)12-22-19(23)11-16-13-25-10-9-21-16;/h1-8,16,21H,9-13H2,(H,22,23);1H. The molecule has 140 valence electrons. The fraction of sp³-hybridized carbons (Fsp3) is 0.316. The number of hydrogen-bond donors (Lipinski definition) is 2. The first-order valence-electron chi connectivity index (χ1n) is 8.29. The van der Waals surface area contributed by atoms with Crippen LogP contribution in [0.3, 0.4) is 0 Å². The molecule has 7 heteroatoms. The largest absolute Gasteiger partial charge is 0.457 e. The minimum atomic E-state index is -0.291. The summed E-state index contributed by atoms with van der Waals surface area (Å²) in [6, 6.07) is 13.7. The van der Waals surface area contributed by atoms with Gasteiger partial charge in [-0.3, -0.25) is 4.79 Å². The highest BCUT2D eigenvalue weighted by atomic mass is 35.5. The summed E-state index contributed by atoms with van der Waals surface area (Å²) >= 11 is 1.89. The van der Waals surface area contributed by atoms with Crippen LogP contribution in [0, 0.1) is 5.82 Å². The van der Waals surface area contributed by atoms with E-state index >= 15 is 0 Å². The van der Waals surface area contributed by atoms with Crippen LogP contribution < -0.4 is 15.4 Å². The third-order valence-corrected chi connectivity index (χ3v) is 5.02. The zero-order valence-electron chi connectivity index (χ0n) is 14.2. The van der Waals surface area contributed by atoms with E-state index in [-0.39, 0.29) is 30.2 Å². The molecule has 0 aliphatic carbocycles. The molecule has 0 aromatic heterocycles. The lowest BCUT2D eigenvalue weighted by Gasteiger charge is -2.22. The SMILES string of the molecule is Cl.O=C(CC1CSCCN1)NCc1ccc(Oc2ccc(F)cc2)cc1. The molecule has 0 saturated carbocycles. The number of benzene rings is 2.